The van der Waals surface area contributed by atoms with Crippen LogP contribution in [0.2, 0.25) is 10.0 Å². The molecule has 0 aromatic heterocycles. The molecule has 1 heterocycles. The molecule has 1 atom stereocenters. The summed E-state index contributed by atoms with van der Waals surface area (Å²) >= 11 is 11.9. The van der Waals surface area contributed by atoms with Crippen LogP contribution in [0, 0.1) is 0 Å². The first-order valence-electron chi connectivity index (χ1n) is 8.75. The Bertz CT molecular complexity index is 964. The van der Waals surface area contributed by atoms with Gasteiger partial charge < -0.3 is 10.1 Å². The van der Waals surface area contributed by atoms with Crippen LogP contribution in [-0.2, 0) is 14.8 Å². The molecule has 1 fully saturated rings. The van der Waals surface area contributed by atoms with Crippen LogP contribution in [0.25, 0.3) is 0 Å². The van der Waals surface area contributed by atoms with E-state index in [1.807, 2.05) is 0 Å². The van der Waals surface area contributed by atoms with Crippen LogP contribution >= 0.6 is 23.2 Å². The molecule has 1 N–H and O–H groups in total. The highest BCUT2D eigenvalue weighted by Crippen LogP contribution is 2.30. The fourth-order valence-electron chi connectivity index (χ4n) is 3.19. The lowest BCUT2D eigenvalue weighted by Gasteiger charge is -2.33. The van der Waals surface area contributed by atoms with E-state index >= 15 is 0 Å². The zero-order chi connectivity index (χ0) is 20.3. The van der Waals surface area contributed by atoms with E-state index in [1.54, 1.807) is 18.2 Å². The SMILES string of the molecule is COc1ccc(Cl)cc1NC(=O)C1CCCCN1S(=O)(=O)c1ccc(Cl)cc1. The maximum Gasteiger partial charge on any atom is 0.243 e. The predicted octanol–water partition coefficient (Wildman–Crippen LogP) is 4.18. The second kappa shape index (κ2) is 8.69. The topological polar surface area (TPSA) is 75.7 Å². The number of halogens is 2. The summed E-state index contributed by atoms with van der Waals surface area (Å²) in [6, 6.07) is 9.96. The van der Waals surface area contributed by atoms with Crippen LogP contribution in [-0.4, -0.2) is 38.3 Å². The van der Waals surface area contributed by atoms with E-state index in [-0.39, 0.29) is 11.4 Å². The molecular weight excluding hydrogens is 423 g/mol. The largest absolute Gasteiger partial charge is 0.495 e. The zero-order valence-electron chi connectivity index (χ0n) is 15.2. The number of methoxy groups -OCH3 is 1. The molecule has 2 aromatic carbocycles. The molecule has 0 spiro atoms. The Kier molecular flexibility index (Phi) is 6.50. The summed E-state index contributed by atoms with van der Waals surface area (Å²) in [5, 5.41) is 3.64. The first-order chi connectivity index (χ1) is 13.3. The van der Waals surface area contributed by atoms with Crippen molar-refractivity contribution in [1.29, 1.82) is 0 Å². The number of benzene rings is 2. The molecule has 1 aliphatic rings. The summed E-state index contributed by atoms with van der Waals surface area (Å²) in [5.74, 6) is 0.0264. The Balaban J connectivity index is 1.88. The maximum absolute atomic E-state index is 13.1. The number of nitrogens with zero attached hydrogens (tertiary/aromatic N) is 1. The van der Waals surface area contributed by atoms with Gasteiger partial charge >= 0.3 is 0 Å². The molecule has 150 valence electrons. The Morgan fingerprint density at radius 2 is 1.79 bits per heavy atom. The number of carbonyl (C=O) groups is 1. The molecule has 1 amide bonds. The first kappa shape index (κ1) is 20.9. The summed E-state index contributed by atoms with van der Waals surface area (Å²) in [5.41, 5.74) is 0.398. The number of amides is 1. The Labute approximate surface area is 174 Å². The van der Waals surface area contributed by atoms with Crippen molar-refractivity contribution >= 4 is 44.8 Å². The minimum Gasteiger partial charge on any atom is -0.495 e. The summed E-state index contributed by atoms with van der Waals surface area (Å²) in [6.07, 6.45) is 1.88. The van der Waals surface area contributed by atoms with Gasteiger partial charge in [-0.15, -0.1) is 0 Å². The van der Waals surface area contributed by atoms with Crippen LogP contribution in [0.1, 0.15) is 19.3 Å². The molecule has 28 heavy (non-hydrogen) atoms. The van der Waals surface area contributed by atoms with E-state index < -0.39 is 22.0 Å². The quantitative estimate of drug-likeness (QED) is 0.752. The lowest BCUT2D eigenvalue weighted by atomic mass is 10.0. The van der Waals surface area contributed by atoms with Gasteiger partial charge in [-0.25, -0.2) is 8.42 Å². The molecule has 0 radical (unpaired) electrons. The number of piperidine rings is 1. The number of rotatable bonds is 5. The van der Waals surface area contributed by atoms with Crippen molar-refractivity contribution in [1.82, 2.24) is 4.31 Å². The highest BCUT2D eigenvalue weighted by Gasteiger charge is 2.37. The third-order valence-electron chi connectivity index (χ3n) is 4.60. The van der Waals surface area contributed by atoms with E-state index in [1.165, 1.54) is 35.7 Å². The van der Waals surface area contributed by atoms with Crippen molar-refractivity contribution in [2.45, 2.75) is 30.2 Å². The Morgan fingerprint density at radius 3 is 2.46 bits per heavy atom. The van der Waals surface area contributed by atoms with Crippen LogP contribution < -0.4 is 10.1 Å². The lowest BCUT2D eigenvalue weighted by molar-refractivity contribution is -0.120. The third kappa shape index (κ3) is 4.43. The number of hydrogen-bond donors (Lipinski definition) is 1. The van der Waals surface area contributed by atoms with Crippen LogP contribution in [0.4, 0.5) is 5.69 Å². The van der Waals surface area contributed by atoms with Crippen molar-refractivity contribution in [3.8, 4) is 5.75 Å². The van der Waals surface area contributed by atoms with Gasteiger partial charge in [0.2, 0.25) is 15.9 Å². The Morgan fingerprint density at radius 1 is 1.11 bits per heavy atom. The smallest absolute Gasteiger partial charge is 0.243 e. The monoisotopic (exact) mass is 442 g/mol. The van der Waals surface area contributed by atoms with Gasteiger partial charge in [-0.05, 0) is 55.3 Å². The number of anilines is 1. The van der Waals surface area contributed by atoms with E-state index in [2.05, 4.69) is 5.32 Å². The van der Waals surface area contributed by atoms with Crippen LogP contribution in [0.3, 0.4) is 0 Å². The van der Waals surface area contributed by atoms with E-state index in [4.69, 9.17) is 27.9 Å². The third-order valence-corrected chi connectivity index (χ3v) is 7.01. The summed E-state index contributed by atoms with van der Waals surface area (Å²) in [6.45, 7) is 0.274. The molecule has 9 heteroatoms. The van der Waals surface area contributed by atoms with Crippen molar-refractivity contribution in [3.63, 3.8) is 0 Å². The molecule has 1 aliphatic heterocycles. The second-order valence-electron chi connectivity index (χ2n) is 6.42. The number of ether oxygens (including phenoxy) is 1. The fraction of sp³-hybridized carbons (Fsp3) is 0.316. The lowest BCUT2D eigenvalue weighted by Crippen LogP contribution is -2.49. The van der Waals surface area contributed by atoms with Crippen molar-refractivity contribution < 1.29 is 17.9 Å². The molecule has 0 bridgehead atoms. The second-order valence-corrected chi connectivity index (χ2v) is 9.18. The van der Waals surface area contributed by atoms with E-state index in [0.29, 0.717) is 34.3 Å². The average molecular weight is 443 g/mol. The van der Waals surface area contributed by atoms with Gasteiger partial charge in [0, 0.05) is 16.6 Å². The van der Waals surface area contributed by atoms with Gasteiger partial charge in [-0.3, -0.25) is 4.79 Å². The van der Waals surface area contributed by atoms with E-state index in [0.717, 1.165) is 6.42 Å². The molecule has 2 aromatic rings. The fourth-order valence-corrected chi connectivity index (χ4v) is 5.15. The first-order valence-corrected chi connectivity index (χ1v) is 10.9. The summed E-state index contributed by atoms with van der Waals surface area (Å²) in [7, 11) is -2.35. The molecular formula is C19H20Cl2N2O4S. The highest BCUT2D eigenvalue weighted by atomic mass is 35.5. The molecule has 3 rings (SSSR count). The van der Waals surface area contributed by atoms with Gasteiger partial charge in [0.05, 0.1) is 17.7 Å². The van der Waals surface area contributed by atoms with Crippen molar-refractivity contribution in [2.24, 2.45) is 0 Å². The van der Waals surface area contributed by atoms with Crippen molar-refractivity contribution in [2.75, 3.05) is 19.0 Å². The van der Waals surface area contributed by atoms with E-state index in [9.17, 15) is 13.2 Å². The number of nitrogens with one attached hydrogen (secondary N) is 1. The van der Waals surface area contributed by atoms with Crippen LogP contribution in [0.15, 0.2) is 47.4 Å². The molecule has 1 saturated heterocycles. The maximum atomic E-state index is 13.1. The van der Waals surface area contributed by atoms with Gasteiger partial charge in [0.15, 0.2) is 0 Å². The molecule has 0 saturated carbocycles. The normalized spacial score (nSPS) is 17.9. The molecule has 1 unspecified atom stereocenters. The minimum absolute atomic E-state index is 0.108. The zero-order valence-corrected chi connectivity index (χ0v) is 17.5. The average Bonchev–Trinajstić information content (AvgIpc) is 2.68. The number of carbonyl (C=O) groups excluding carboxylic acids is 1. The highest BCUT2D eigenvalue weighted by molar-refractivity contribution is 7.89. The number of hydrogen-bond acceptors (Lipinski definition) is 4. The van der Waals surface area contributed by atoms with Crippen LogP contribution in [0.5, 0.6) is 5.75 Å². The van der Waals surface area contributed by atoms with Gasteiger partial charge in [-0.1, -0.05) is 29.6 Å². The van der Waals surface area contributed by atoms with Gasteiger partial charge in [0.25, 0.3) is 0 Å². The molecule has 0 aliphatic carbocycles. The predicted molar refractivity (Wildman–Crippen MR) is 110 cm³/mol. The summed E-state index contributed by atoms with van der Waals surface area (Å²) < 4.78 is 32.7. The van der Waals surface area contributed by atoms with Crippen molar-refractivity contribution in [3.05, 3.63) is 52.5 Å². The minimum atomic E-state index is -3.83. The Hall–Kier alpha value is -1.80. The molecule has 6 nitrogen and oxygen atoms in total. The van der Waals surface area contributed by atoms with Gasteiger partial charge in [0.1, 0.15) is 11.8 Å². The standard InChI is InChI=1S/C19H20Cl2N2O4S/c1-27-18-10-7-14(21)12-16(18)22-19(24)17-4-2-3-11-23(17)28(25,26)15-8-5-13(20)6-9-15/h5-10,12,17H,2-4,11H2,1H3,(H,22,24). The van der Waals surface area contributed by atoms with Gasteiger partial charge in [-0.2, -0.15) is 4.31 Å². The summed E-state index contributed by atoms with van der Waals surface area (Å²) in [4.78, 5) is 13.1. The number of sulfonamides is 1.